The minimum Gasteiger partial charge on any atom is -0.462 e. The molecule has 0 aromatic heterocycles. The Labute approximate surface area is 477 Å². The lowest BCUT2D eigenvalue weighted by Gasteiger charge is -2.19. The van der Waals surface area contributed by atoms with Gasteiger partial charge in [0.25, 0.3) is 0 Å². The van der Waals surface area contributed by atoms with E-state index in [0.29, 0.717) is 6.42 Å². The van der Waals surface area contributed by atoms with E-state index in [1.807, 2.05) is 0 Å². The van der Waals surface area contributed by atoms with Crippen LogP contribution in [0.25, 0.3) is 0 Å². The first kappa shape index (κ1) is 73.9. The highest BCUT2D eigenvalue weighted by molar-refractivity contribution is 7.47. The number of unbranched alkanes of at least 4 members (excludes halogenated alkanes) is 19. The average Bonchev–Trinajstić information content (AvgIpc) is 3.43. The number of ether oxygens (including phenoxy) is 2. The van der Waals surface area contributed by atoms with Gasteiger partial charge in [0, 0.05) is 19.4 Å². The Morgan fingerprint density at radius 3 is 1.06 bits per heavy atom. The maximum absolute atomic E-state index is 12.7. The smallest absolute Gasteiger partial charge is 0.462 e. The third kappa shape index (κ3) is 61.1. The van der Waals surface area contributed by atoms with E-state index in [0.717, 1.165) is 135 Å². The zero-order valence-electron chi connectivity index (χ0n) is 49.3. The van der Waals surface area contributed by atoms with Crippen molar-refractivity contribution in [1.29, 1.82) is 0 Å². The Bertz CT molecular complexity index is 1780. The lowest BCUT2D eigenvalue weighted by Crippen LogP contribution is -2.29. The molecule has 78 heavy (non-hydrogen) atoms. The quantitative estimate of drug-likeness (QED) is 0.0264. The van der Waals surface area contributed by atoms with Crippen LogP contribution in [0.4, 0.5) is 0 Å². The molecule has 10 heteroatoms. The topological polar surface area (TPSA) is 134 Å². The first-order chi connectivity index (χ1) is 38.3. The maximum atomic E-state index is 12.7. The van der Waals surface area contributed by atoms with Gasteiger partial charge in [-0.05, 0) is 122 Å². The van der Waals surface area contributed by atoms with E-state index < -0.39 is 32.5 Å². The molecule has 0 aromatic carbocycles. The van der Waals surface area contributed by atoms with Gasteiger partial charge >= 0.3 is 19.8 Å². The minimum atomic E-state index is -4.40. The molecule has 0 saturated carbocycles. The fraction of sp³-hybridized carbons (Fsp3) is 0.618. The monoisotopic (exact) mass is 1100 g/mol. The molecule has 9 nitrogen and oxygen atoms in total. The van der Waals surface area contributed by atoms with Gasteiger partial charge in [0.1, 0.15) is 6.61 Å². The number of esters is 2. The molecule has 0 rings (SSSR count). The molecule has 0 radical (unpaired) electrons. The zero-order valence-corrected chi connectivity index (χ0v) is 50.2. The fourth-order valence-corrected chi connectivity index (χ4v) is 8.69. The lowest BCUT2D eigenvalue weighted by molar-refractivity contribution is -0.161. The summed E-state index contributed by atoms with van der Waals surface area (Å²) in [5.74, 6) is -0.862. The standard InChI is InChI=1S/C68H112NO8P/c1-3-5-7-9-11-13-15-17-19-21-23-24-25-26-27-28-29-30-31-32-33-34-35-36-37-38-39-40-41-42-43-45-47-49-51-53-55-57-59-61-68(71)77-66(65-76-78(72,73)75-63-62-69)64-74-67(70)60-58-56-54-52-50-48-46-44-22-20-18-16-14-12-10-8-6-4-2/h5,7,11,13,17,19-20,22-24,26-27,29-30,32-33,35-36,38-39,41-42,45,47,66H,3-4,6,8-10,12,14-16,18,21,25,28,31,34,37,40,43-44,46,48-65,69H2,1-2H3,(H,72,73)/b7-5-,13-11-,19-17-,22-20-,24-23-,27-26-,30-29-,33-32-,36-35-,39-38-,42-41-,47-45-. The van der Waals surface area contributed by atoms with Crippen LogP contribution in [0.5, 0.6) is 0 Å². The molecule has 0 amide bonds. The largest absolute Gasteiger partial charge is 0.472 e. The highest BCUT2D eigenvalue weighted by atomic mass is 31.2. The van der Waals surface area contributed by atoms with Gasteiger partial charge in [-0.1, -0.05) is 250 Å². The van der Waals surface area contributed by atoms with E-state index in [2.05, 4.69) is 160 Å². The maximum Gasteiger partial charge on any atom is 0.472 e. The molecule has 0 fully saturated rings. The van der Waals surface area contributed by atoms with Crippen LogP contribution in [-0.4, -0.2) is 49.3 Å². The van der Waals surface area contributed by atoms with Crippen LogP contribution in [0.3, 0.4) is 0 Å². The van der Waals surface area contributed by atoms with Crippen molar-refractivity contribution in [2.75, 3.05) is 26.4 Å². The van der Waals surface area contributed by atoms with E-state index in [4.69, 9.17) is 24.3 Å². The van der Waals surface area contributed by atoms with Crippen LogP contribution in [0.2, 0.25) is 0 Å². The molecule has 2 atom stereocenters. The van der Waals surface area contributed by atoms with Crippen LogP contribution in [0.1, 0.15) is 239 Å². The summed E-state index contributed by atoms with van der Waals surface area (Å²) in [6, 6.07) is 0. The van der Waals surface area contributed by atoms with Gasteiger partial charge in [-0.3, -0.25) is 18.6 Å². The molecule has 0 aliphatic rings. The van der Waals surface area contributed by atoms with Crippen molar-refractivity contribution in [2.45, 2.75) is 245 Å². The Morgan fingerprint density at radius 2 is 0.705 bits per heavy atom. The molecular formula is C68H112NO8P. The summed E-state index contributed by atoms with van der Waals surface area (Å²) >= 11 is 0. The van der Waals surface area contributed by atoms with Crippen molar-refractivity contribution in [1.82, 2.24) is 0 Å². The van der Waals surface area contributed by atoms with Crippen molar-refractivity contribution in [3.05, 3.63) is 146 Å². The molecular weight excluding hydrogens is 990 g/mol. The van der Waals surface area contributed by atoms with E-state index in [1.165, 1.54) is 70.6 Å². The summed E-state index contributed by atoms with van der Waals surface area (Å²) in [5.41, 5.74) is 5.38. The Morgan fingerprint density at radius 1 is 0.397 bits per heavy atom. The van der Waals surface area contributed by atoms with E-state index >= 15 is 0 Å². The molecule has 2 unspecified atom stereocenters. The summed E-state index contributed by atoms with van der Waals surface area (Å²) in [6.45, 7) is 3.59. The number of hydrogen-bond acceptors (Lipinski definition) is 8. The van der Waals surface area contributed by atoms with Crippen molar-refractivity contribution < 1.29 is 37.6 Å². The van der Waals surface area contributed by atoms with E-state index in [9.17, 15) is 19.0 Å². The van der Waals surface area contributed by atoms with Gasteiger partial charge < -0.3 is 20.1 Å². The Balaban J connectivity index is 4.05. The number of phosphoric ester groups is 1. The number of rotatable bonds is 56. The SMILES string of the molecule is CC/C=C\C/C=C\C/C=C\C/C=C\C/C=C\C/C=C\C/C=C\C/C=C\C/C=C\C/C=C\C/C=C\CCCCCCCC(=O)OC(COC(=O)CCCCCCCCC/C=C\CCCCCCCCC)COP(=O)(O)OCCN. The van der Waals surface area contributed by atoms with Crippen LogP contribution in [-0.2, 0) is 32.7 Å². The number of allylic oxidation sites excluding steroid dienone is 24. The lowest BCUT2D eigenvalue weighted by atomic mass is 10.1. The number of hydrogen-bond donors (Lipinski definition) is 2. The summed E-state index contributed by atoms with van der Waals surface area (Å²) < 4.78 is 33.0. The summed E-state index contributed by atoms with van der Waals surface area (Å²) in [6.07, 6.45) is 89.1. The second-order valence-electron chi connectivity index (χ2n) is 19.8. The first-order valence-electron chi connectivity index (χ1n) is 30.8. The minimum absolute atomic E-state index is 0.0423. The number of carbonyl (C=O) groups is 2. The average molecular weight is 1100 g/mol. The number of phosphoric acid groups is 1. The molecule has 442 valence electrons. The van der Waals surface area contributed by atoms with Crippen LogP contribution in [0.15, 0.2) is 146 Å². The Kier molecular flexibility index (Phi) is 58.8. The van der Waals surface area contributed by atoms with Crippen molar-refractivity contribution in [3.63, 3.8) is 0 Å². The van der Waals surface area contributed by atoms with Crippen molar-refractivity contribution >= 4 is 19.8 Å². The summed E-state index contributed by atoms with van der Waals surface area (Å²) in [7, 11) is -4.40. The molecule has 0 aromatic rings. The molecule has 0 bridgehead atoms. The van der Waals surface area contributed by atoms with Gasteiger partial charge in [-0.2, -0.15) is 0 Å². The van der Waals surface area contributed by atoms with E-state index in [1.54, 1.807) is 0 Å². The van der Waals surface area contributed by atoms with Crippen molar-refractivity contribution in [3.8, 4) is 0 Å². The molecule has 0 spiro atoms. The molecule has 0 saturated heterocycles. The molecule has 0 aliphatic carbocycles. The van der Waals surface area contributed by atoms with Crippen LogP contribution < -0.4 is 5.73 Å². The van der Waals surface area contributed by atoms with Gasteiger partial charge in [0.05, 0.1) is 13.2 Å². The first-order valence-corrected chi connectivity index (χ1v) is 32.3. The van der Waals surface area contributed by atoms with Gasteiger partial charge in [-0.25, -0.2) is 4.57 Å². The molecule has 0 heterocycles. The zero-order chi connectivity index (χ0) is 56.6. The van der Waals surface area contributed by atoms with Crippen LogP contribution >= 0.6 is 7.82 Å². The third-order valence-corrected chi connectivity index (χ3v) is 13.4. The molecule has 0 aliphatic heterocycles. The third-order valence-electron chi connectivity index (χ3n) is 12.5. The van der Waals surface area contributed by atoms with Gasteiger partial charge in [0.2, 0.25) is 0 Å². The highest BCUT2D eigenvalue weighted by Crippen LogP contribution is 2.43. The number of nitrogens with two attached hydrogens (primary N) is 1. The normalized spacial score (nSPS) is 14.1. The second-order valence-corrected chi connectivity index (χ2v) is 21.3. The van der Waals surface area contributed by atoms with E-state index in [-0.39, 0.29) is 32.6 Å². The van der Waals surface area contributed by atoms with Gasteiger partial charge in [-0.15, -0.1) is 0 Å². The highest BCUT2D eigenvalue weighted by Gasteiger charge is 2.26. The fourth-order valence-electron chi connectivity index (χ4n) is 7.93. The predicted molar refractivity (Wildman–Crippen MR) is 334 cm³/mol. The summed E-state index contributed by atoms with van der Waals surface area (Å²) in [5, 5.41) is 0. The van der Waals surface area contributed by atoms with Crippen molar-refractivity contribution in [2.24, 2.45) is 5.73 Å². The van der Waals surface area contributed by atoms with Gasteiger partial charge in [0.15, 0.2) is 6.10 Å². The predicted octanol–water partition coefficient (Wildman–Crippen LogP) is 19.9. The summed E-state index contributed by atoms with van der Waals surface area (Å²) in [4.78, 5) is 35.2. The number of carbonyl (C=O) groups excluding carboxylic acids is 2. The molecule has 3 N–H and O–H groups in total. The second kappa shape index (κ2) is 62.1. The Hall–Kier alpha value is -4.11. The van der Waals surface area contributed by atoms with Crippen LogP contribution in [0, 0.1) is 0 Å².